The molecule has 4 aromatic heterocycles. The second kappa shape index (κ2) is 52.7. The maximum absolute atomic E-state index is 13.9. The van der Waals surface area contributed by atoms with E-state index >= 15 is 0 Å². The van der Waals surface area contributed by atoms with Crippen LogP contribution in [0, 0.1) is 46.3 Å². The summed E-state index contributed by atoms with van der Waals surface area (Å²) in [6.07, 6.45) is 14.7. The van der Waals surface area contributed by atoms with E-state index in [0.29, 0.717) is 5.57 Å². The monoisotopic (exact) mass is 2050 g/mol. The number of carboxylic acid groups (broad SMARTS) is 3. The first-order valence-electron chi connectivity index (χ1n) is 51.5. The molecule has 0 aliphatic heterocycles. The van der Waals surface area contributed by atoms with E-state index in [2.05, 4.69) is 98.3 Å². The number of para-hydroxylation sites is 4. The highest BCUT2D eigenvalue weighted by molar-refractivity contribution is 5.99. The maximum Gasteiger partial charge on any atom is 0.331 e. The van der Waals surface area contributed by atoms with Crippen molar-refractivity contribution in [3.05, 3.63) is 191 Å². The number of aliphatic carboxylic acids is 3. The Bertz CT molecular complexity index is 5730. The molecule has 0 fully saturated rings. The maximum atomic E-state index is 13.9. The molecule has 0 saturated carbocycles. The quantitative estimate of drug-likeness (QED) is 0.0158. The van der Waals surface area contributed by atoms with Crippen LogP contribution in [0.25, 0.3) is 43.6 Å². The van der Waals surface area contributed by atoms with E-state index in [1.54, 1.807) is 101 Å². The van der Waals surface area contributed by atoms with Gasteiger partial charge in [0.05, 0.1) is 48.3 Å². The number of hydrogen-bond donors (Lipinski definition) is 13. The number of aryl methyl sites for hydroxylation is 2. The summed E-state index contributed by atoms with van der Waals surface area (Å²) in [4.78, 5) is 169. The highest BCUT2D eigenvalue weighted by Gasteiger charge is 2.48. The fourth-order valence-corrected chi connectivity index (χ4v) is 19.9. The summed E-state index contributed by atoms with van der Waals surface area (Å²) in [5.41, 5.74) is 5.91. The molecule has 4 aromatic carbocycles. The van der Waals surface area contributed by atoms with Gasteiger partial charge in [-0.25, -0.2) is 14.4 Å². The van der Waals surface area contributed by atoms with E-state index < -0.39 is 117 Å². The number of likely N-dealkylation sites (N-methyl/N-ethyl adjacent to an activating group) is 8. The minimum absolute atomic E-state index is 0.0115. The number of aromatic amines is 2. The molecule has 8 aromatic rings. The van der Waals surface area contributed by atoms with Crippen LogP contribution in [0.3, 0.4) is 0 Å². The van der Waals surface area contributed by atoms with Gasteiger partial charge in [0.25, 0.3) is 0 Å². The van der Waals surface area contributed by atoms with E-state index in [1.165, 1.54) is 27.7 Å². The number of fused-ring (bicyclic) bond motifs is 4. The Morgan fingerprint density at radius 3 is 0.777 bits per heavy atom. The molecule has 0 spiro atoms. The fraction of sp³-hybridized carbons (Fsp3) is 0.556. The lowest BCUT2D eigenvalue weighted by molar-refractivity contribution is -0.141. The van der Waals surface area contributed by atoms with Crippen LogP contribution in [0.4, 0.5) is 0 Å². The molecule has 8 rings (SSSR count). The molecule has 13 N–H and O–H groups in total. The number of allylic oxidation sites excluding steroid dienone is 1. The Kier molecular flexibility index (Phi) is 44.9. The second-order valence-electron chi connectivity index (χ2n) is 46.3. The molecule has 0 radical (unpaired) electrons. The zero-order valence-electron chi connectivity index (χ0n) is 96.2. The minimum atomic E-state index is -1.02. The van der Waals surface area contributed by atoms with Crippen molar-refractivity contribution in [3.63, 3.8) is 0 Å². The first-order chi connectivity index (χ1) is 68.4. The van der Waals surface area contributed by atoms with Gasteiger partial charge in [0.15, 0.2) is 5.78 Å². The number of H-pyrrole nitrogens is 2. The van der Waals surface area contributed by atoms with Crippen LogP contribution in [0.1, 0.15) is 237 Å². The number of carbonyl (C=O) groups is 12. The number of carbonyl (C=O) groups excluding carboxylic acids is 9. The highest BCUT2D eigenvalue weighted by Crippen LogP contribution is 2.41. The van der Waals surface area contributed by atoms with Crippen LogP contribution in [-0.2, 0) is 93.3 Å². The first-order valence-corrected chi connectivity index (χ1v) is 51.5. The Morgan fingerprint density at radius 1 is 0.311 bits per heavy atom. The fourth-order valence-electron chi connectivity index (χ4n) is 19.9. The zero-order valence-corrected chi connectivity index (χ0v) is 96.2. The van der Waals surface area contributed by atoms with Crippen molar-refractivity contribution in [3.8, 4) is 0 Å². The van der Waals surface area contributed by atoms with Crippen molar-refractivity contribution in [2.24, 2.45) is 60.4 Å². The van der Waals surface area contributed by atoms with Gasteiger partial charge in [0.1, 0.15) is 24.2 Å². The van der Waals surface area contributed by atoms with Crippen LogP contribution in [0.2, 0.25) is 0 Å². The smallest absolute Gasteiger partial charge is 0.331 e. The van der Waals surface area contributed by atoms with Gasteiger partial charge >= 0.3 is 17.9 Å². The van der Waals surface area contributed by atoms with Crippen molar-refractivity contribution < 1.29 is 72.9 Å². The molecular formula is C117H178N16O15. The Hall–Kier alpha value is -12.3. The number of hydrogen-bond acceptors (Lipinski definition) is 16. The van der Waals surface area contributed by atoms with Crippen molar-refractivity contribution >= 4 is 115 Å². The number of benzene rings is 4. The molecule has 31 nitrogen and oxygen atoms in total. The molecular weight excluding hydrogens is 1870 g/mol. The number of Topliss-reactive ketones (excluding diaryl/α,β-unsaturated/α-hetero) is 1. The van der Waals surface area contributed by atoms with E-state index in [1.807, 2.05) is 285 Å². The Labute approximate surface area is 880 Å². The number of aromatic nitrogens is 4. The summed E-state index contributed by atoms with van der Waals surface area (Å²) in [7, 11) is 17.7. The minimum Gasteiger partial charge on any atom is -0.478 e. The predicted molar refractivity (Wildman–Crippen MR) is 596 cm³/mol. The van der Waals surface area contributed by atoms with Crippen molar-refractivity contribution in [1.29, 1.82) is 0 Å². The summed E-state index contributed by atoms with van der Waals surface area (Å²) >= 11 is 0. The van der Waals surface area contributed by atoms with Crippen molar-refractivity contribution in [1.82, 2.24) is 81.2 Å². The van der Waals surface area contributed by atoms with Gasteiger partial charge < -0.3 is 96.6 Å². The van der Waals surface area contributed by atoms with E-state index in [-0.39, 0.29) is 111 Å². The summed E-state index contributed by atoms with van der Waals surface area (Å²) in [5.74, 6) is -5.36. The molecule has 31 heteroatoms. The molecule has 4 heterocycles. The number of ketones is 1. The van der Waals surface area contributed by atoms with Gasteiger partial charge in [-0.05, 0) is 161 Å². The number of rotatable bonds is 42. The van der Waals surface area contributed by atoms with Crippen LogP contribution in [0.15, 0.2) is 168 Å². The summed E-state index contributed by atoms with van der Waals surface area (Å²) in [6.45, 7) is 58.8. The number of amides is 8. The largest absolute Gasteiger partial charge is 0.478 e. The van der Waals surface area contributed by atoms with Crippen molar-refractivity contribution in [2.75, 3.05) is 56.4 Å². The van der Waals surface area contributed by atoms with E-state index in [0.717, 1.165) is 65.9 Å². The topological polar surface area (TPSA) is 416 Å². The van der Waals surface area contributed by atoms with Gasteiger partial charge in [-0.2, -0.15) is 0 Å². The lowest BCUT2D eigenvalue weighted by Crippen LogP contribution is -2.61. The third-order valence-corrected chi connectivity index (χ3v) is 29.3. The highest BCUT2D eigenvalue weighted by atomic mass is 16.4. The average molecular weight is 2050 g/mol. The van der Waals surface area contributed by atoms with Crippen LogP contribution < -0.4 is 42.5 Å². The molecule has 0 aliphatic carbocycles. The summed E-state index contributed by atoms with van der Waals surface area (Å²) < 4.78 is 4.12. The number of nitrogens with one attached hydrogen (secondary N) is 10. The molecule has 816 valence electrons. The van der Waals surface area contributed by atoms with E-state index in [4.69, 9.17) is 0 Å². The van der Waals surface area contributed by atoms with Crippen LogP contribution in [-0.4, -0.2) is 254 Å². The van der Waals surface area contributed by atoms with Gasteiger partial charge in [0, 0.05) is 149 Å². The van der Waals surface area contributed by atoms with Gasteiger partial charge in [0.2, 0.25) is 47.3 Å². The Morgan fingerprint density at radius 2 is 0.541 bits per heavy atom. The van der Waals surface area contributed by atoms with Gasteiger partial charge in [-0.1, -0.05) is 277 Å². The second-order valence-corrected chi connectivity index (χ2v) is 46.3. The molecule has 0 saturated heterocycles. The standard InChI is InChI=1S/2C30H46N4O4.C29H44N4O3.C28H42N4O4/c2*1-18(2)23(16-19(3)28(37)38)34(11)27(36)25(29(4,5)6)32-26(35)24(31-9)30(7,8)21-17-33(10)22-15-13-12-14-20(21)22;1-17(2)24(15-19(5)20(6)34)33(10)28(36)25(18(3)4)32-27(35)26(30-9)29(7,8)22-16-31-23-14-12-11-13-21(22)23;1-16(2)22(14-18(5)27(35)36)32(9)26(34)23(17(3)4)31-25(33)24(29-8)28(6,7)20-15-30-21-13-11-10-12-19(20)21/h2*12-18,23-25,31H,1-11H3,(H,32,35)(H,37,38);11-18,24-26,30-31H,1-10H3,(H,32,35);10-17,22-24,29-30H,1-9H3,(H,31,33)(H,35,36)/b2*19-16+;19-15+;18-14+/t2*23-,24-,25-;24-,25+,26-;22-,23+,24-/m1111/s1. The number of carboxylic acids is 3. The Balaban J connectivity index is 0.000000347. The molecule has 0 bridgehead atoms. The lowest BCUT2D eigenvalue weighted by Gasteiger charge is -2.39. The summed E-state index contributed by atoms with van der Waals surface area (Å²) in [5, 5.41) is 57.2. The molecule has 0 aliphatic rings. The van der Waals surface area contributed by atoms with Crippen LogP contribution in [0.5, 0.6) is 0 Å². The average Bonchev–Trinajstić information content (AvgIpc) is 1.60. The molecule has 0 unspecified atom stereocenters. The lowest BCUT2D eigenvalue weighted by atomic mass is 9.76. The van der Waals surface area contributed by atoms with Gasteiger partial charge in [-0.3, -0.25) is 43.2 Å². The third kappa shape index (κ3) is 30.5. The predicted octanol–water partition coefficient (Wildman–Crippen LogP) is 16.1. The zero-order chi connectivity index (χ0) is 113. The first kappa shape index (κ1) is 126. The SMILES string of the molecule is CN[C@H](C(=O)N[C@H](C(=O)N(C)[C@H](/C=C(\C)C(=O)O)C(C)C)C(C)(C)C)C(C)(C)c1cn(C)c2ccccc12.CN[C@H](C(=O)N[C@H](C(=O)N(C)[C@H](/C=C(\C)C(=O)O)C(C)C)C(C)(C)C)C(C)(C)c1cn(C)c2ccccc12.CN[C@H](C(=O)N[C@H](C(=O)N(C)[C@H](/C=C(\C)C(=O)O)C(C)C)C(C)C)C(C)(C)c1c[nH]c2ccccc12.CN[C@H](C(=O)N[C@H](C(=O)N(C)[C@H](/C=C(\C)C(C)=O)C(C)C)C(C)C)C(C)(C)c1c[nH]c2ccccc12. The number of nitrogens with zero attached hydrogens (tertiary/aromatic N) is 6. The third-order valence-electron chi connectivity index (χ3n) is 29.3. The van der Waals surface area contributed by atoms with Crippen molar-refractivity contribution in [2.45, 2.75) is 309 Å². The molecule has 8 amide bonds. The normalized spacial score (nSPS) is 15.2. The summed E-state index contributed by atoms with van der Waals surface area (Å²) in [6, 6.07) is 25.1. The van der Waals surface area contributed by atoms with E-state index in [9.17, 15) is 72.9 Å². The molecule has 12 atom stereocenters. The molecule has 148 heavy (non-hydrogen) atoms. The van der Waals surface area contributed by atoms with Gasteiger partial charge in [-0.15, -0.1) is 0 Å². The van der Waals surface area contributed by atoms with Crippen LogP contribution >= 0.6 is 0 Å².